The standard InChI is InChI=1S/C25H31N3O3/c1-17-4-2-7-22(12-17)31-16-19-5-3-6-21(13-19)28-25(30)27-15-18-8-9-20-10-11-26-24(29)23(20)14-18/h3,5-6,8-9,13-14,17,22H,2,4,7,10-12,15-16H2,1H3,(H,26,29)(H2,27,28,30). The number of amides is 3. The van der Waals surface area contributed by atoms with Gasteiger partial charge >= 0.3 is 6.03 Å². The monoisotopic (exact) mass is 421 g/mol. The Bertz CT molecular complexity index is 943. The van der Waals surface area contributed by atoms with Gasteiger partial charge in [0.25, 0.3) is 5.91 Å². The van der Waals surface area contributed by atoms with Gasteiger partial charge in [0.2, 0.25) is 0 Å². The molecular weight excluding hydrogens is 390 g/mol. The second-order valence-corrected chi connectivity index (χ2v) is 8.71. The molecule has 6 nitrogen and oxygen atoms in total. The lowest BCUT2D eigenvalue weighted by Gasteiger charge is -2.26. The molecule has 3 N–H and O–H groups in total. The molecule has 1 heterocycles. The highest BCUT2D eigenvalue weighted by atomic mass is 16.5. The zero-order valence-corrected chi connectivity index (χ0v) is 18.1. The molecule has 2 aromatic carbocycles. The number of hydrogen-bond donors (Lipinski definition) is 3. The highest BCUT2D eigenvalue weighted by Crippen LogP contribution is 2.26. The molecule has 1 aliphatic heterocycles. The predicted octanol–water partition coefficient (Wildman–Crippen LogP) is 4.39. The van der Waals surface area contributed by atoms with E-state index >= 15 is 0 Å². The molecule has 1 fully saturated rings. The van der Waals surface area contributed by atoms with E-state index in [2.05, 4.69) is 22.9 Å². The van der Waals surface area contributed by atoms with Crippen LogP contribution in [0.2, 0.25) is 0 Å². The van der Waals surface area contributed by atoms with E-state index in [1.165, 1.54) is 12.8 Å². The highest BCUT2D eigenvalue weighted by molar-refractivity contribution is 5.97. The Morgan fingerprint density at radius 1 is 1.16 bits per heavy atom. The minimum atomic E-state index is -0.277. The van der Waals surface area contributed by atoms with Crippen LogP contribution in [0.4, 0.5) is 10.5 Å². The minimum Gasteiger partial charge on any atom is -0.374 e. The van der Waals surface area contributed by atoms with Crippen LogP contribution in [0.5, 0.6) is 0 Å². The molecule has 0 aromatic heterocycles. The molecule has 1 aliphatic carbocycles. The van der Waals surface area contributed by atoms with Crippen molar-refractivity contribution in [2.45, 2.75) is 58.3 Å². The lowest BCUT2D eigenvalue weighted by Crippen LogP contribution is -2.32. The minimum absolute atomic E-state index is 0.0470. The molecule has 1 saturated carbocycles. The van der Waals surface area contributed by atoms with Crippen LogP contribution in [0.15, 0.2) is 42.5 Å². The molecule has 3 amide bonds. The van der Waals surface area contributed by atoms with E-state index in [1.54, 1.807) is 0 Å². The van der Waals surface area contributed by atoms with Crippen LogP contribution in [-0.4, -0.2) is 24.6 Å². The molecule has 0 spiro atoms. The number of anilines is 1. The van der Waals surface area contributed by atoms with Gasteiger partial charge in [0.15, 0.2) is 0 Å². The first-order chi connectivity index (χ1) is 15.1. The van der Waals surface area contributed by atoms with Gasteiger partial charge < -0.3 is 20.7 Å². The van der Waals surface area contributed by atoms with Crippen molar-refractivity contribution in [2.24, 2.45) is 5.92 Å². The van der Waals surface area contributed by atoms with Gasteiger partial charge in [-0.1, -0.05) is 44.0 Å². The first-order valence-corrected chi connectivity index (χ1v) is 11.2. The largest absolute Gasteiger partial charge is 0.374 e. The molecule has 6 heteroatoms. The average Bonchev–Trinajstić information content (AvgIpc) is 2.77. The fraction of sp³-hybridized carbons (Fsp3) is 0.440. The number of hydrogen-bond acceptors (Lipinski definition) is 3. The number of carbonyl (C=O) groups excluding carboxylic acids is 2. The van der Waals surface area contributed by atoms with Crippen molar-refractivity contribution in [3.8, 4) is 0 Å². The Hall–Kier alpha value is -2.86. The second-order valence-electron chi connectivity index (χ2n) is 8.71. The van der Waals surface area contributed by atoms with Crippen LogP contribution in [-0.2, 0) is 24.3 Å². The zero-order valence-electron chi connectivity index (χ0n) is 18.1. The fourth-order valence-electron chi connectivity index (χ4n) is 4.41. The van der Waals surface area contributed by atoms with Crippen LogP contribution in [0, 0.1) is 5.92 Å². The van der Waals surface area contributed by atoms with Crippen LogP contribution in [0.3, 0.4) is 0 Å². The van der Waals surface area contributed by atoms with Gasteiger partial charge in [-0.3, -0.25) is 4.79 Å². The maximum Gasteiger partial charge on any atom is 0.319 e. The molecule has 2 aliphatic rings. The average molecular weight is 422 g/mol. The summed E-state index contributed by atoms with van der Waals surface area (Å²) >= 11 is 0. The number of nitrogens with one attached hydrogen (secondary N) is 3. The van der Waals surface area contributed by atoms with E-state index in [-0.39, 0.29) is 11.9 Å². The van der Waals surface area contributed by atoms with Crippen LogP contribution in [0.25, 0.3) is 0 Å². The summed E-state index contributed by atoms with van der Waals surface area (Å²) in [5.41, 5.74) is 4.44. The number of ether oxygens (including phenoxy) is 1. The lowest BCUT2D eigenvalue weighted by molar-refractivity contribution is 0.00468. The van der Waals surface area contributed by atoms with Gasteiger partial charge in [0.05, 0.1) is 12.7 Å². The number of carbonyl (C=O) groups is 2. The third kappa shape index (κ3) is 5.85. The molecule has 0 bridgehead atoms. The maximum absolute atomic E-state index is 12.4. The first kappa shape index (κ1) is 21.4. The molecule has 2 unspecified atom stereocenters. The van der Waals surface area contributed by atoms with E-state index < -0.39 is 0 Å². The predicted molar refractivity (Wildman–Crippen MR) is 121 cm³/mol. The summed E-state index contributed by atoms with van der Waals surface area (Å²) in [5.74, 6) is 0.689. The number of urea groups is 1. The van der Waals surface area contributed by atoms with E-state index in [0.717, 1.165) is 47.6 Å². The topological polar surface area (TPSA) is 79.5 Å². The third-order valence-corrected chi connectivity index (χ3v) is 6.11. The van der Waals surface area contributed by atoms with E-state index in [4.69, 9.17) is 4.74 Å². The Morgan fingerprint density at radius 3 is 2.94 bits per heavy atom. The van der Waals surface area contributed by atoms with Gasteiger partial charge in [-0.2, -0.15) is 0 Å². The summed E-state index contributed by atoms with van der Waals surface area (Å²) in [6.45, 7) is 3.88. The van der Waals surface area contributed by atoms with Crippen molar-refractivity contribution in [3.05, 3.63) is 64.7 Å². The van der Waals surface area contributed by atoms with Crippen molar-refractivity contribution in [3.63, 3.8) is 0 Å². The van der Waals surface area contributed by atoms with Crippen molar-refractivity contribution < 1.29 is 14.3 Å². The van der Waals surface area contributed by atoms with Crippen LogP contribution in [0.1, 0.15) is 59.7 Å². The number of benzene rings is 2. The summed E-state index contributed by atoms with van der Waals surface area (Å²) in [6, 6.07) is 13.3. The smallest absolute Gasteiger partial charge is 0.319 e. The Balaban J connectivity index is 1.27. The number of fused-ring (bicyclic) bond motifs is 1. The summed E-state index contributed by atoms with van der Waals surface area (Å²) in [6.07, 6.45) is 5.98. The summed E-state index contributed by atoms with van der Waals surface area (Å²) < 4.78 is 6.10. The van der Waals surface area contributed by atoms with Gasteiger partial charge in [-0.05, 0) is 60.1 Å². The Labute approximate surface area is 183 Å². The van der Waals surface area contributed by atoms with Gasteiger partial charge in [-0.15, -0.1) is 0 Å². The normalized spacial score (nSPS) is 20.5. The van der Waals surface area contributed by atoms with Crippen LogP contribution < -0.4 is 16.0 Å². The molecule has 164 valence electrons. The SMILES string of the molecule is CC1CCCC(OCc2cccc(NC(=O)NCc3ccc4c(c3)C(=O)NCC4)c2)C1. The maximum atomic E-state index is 12.4. The van der Waals surface area contributed by atoms with Gasteiger partial charge in [0.1, 0.15) is 0 Å². The van der Waals surface area contributed by atoms with E-state index in [9.17, 15) is 9.59 Å². The molecule has 0 saturated heterocycles. The van der Waals surface area contributed by atoms with Crippen molar-refractivity contribution in [1.82, 2.24) is 10.6 Å². The van der Waals surface area contributed by atoms with Crippen molar-refractivity contribution >= 4 is 17.6 Å². The Morgan fingerprint density at radius 2 is 2.06 bits per heavy atom. The quantitative estimate of drug-likeness (QED) is 0.647. The van der Waals surface area contributed by atoms with Gasteiger partial charge in [-0.25, -0.2) is 4.79 Å². The van der Waals surface area contributed by atoms with Gasteiger partial charge in [0, 0.05) is 24.3 Å². The highest BCUT2D eigenvalue weighted by Gasteiger charge is 2.19. The van der Waals surface area contributed by atoms with Crippen LogP contribution >= 0.6 is 0 Å². The number of rotatable bonds is 6. The molecule has 31 heavy (non-hydrogen) atoms. The molecule has 0 radical (unpaired) electrons. The second kappa shape index (κ2) is 9.96. The molecule has 2 atom stereocenters. The molecule has 4 rings (SSSR count). The third-order valence-electron chi connectivity index (χ3n) is 6.11. The lowest BCUT2D eigenvalue weighted by atomic mass is 9.89. The van der Waals surface area contributed by atoms with Crippen molar-refractivity contribution in [1.29, 1.82) is 0 Å². The Kier molecular flexibility index (Phi) is 6.87. The van der Waals surface area contributed by atoms with E-state index in [0.29, 0.717) is 31.4 Å². The van der Waals surface area contributed by atoms with E-state index in [1.807, 2.05) is 42.5 Å². The summed E-state index contributed by atoms with van der Waals surface area (Å²) in [4.78, 5) is 24.4. The first-order valence-electron chi connectivity index (χ1n) is 11.2. The summed E-state index contributed by atoms with van der Waals surface area (Å²) in [7, 11) is 0. The molecular formula is C25H31N3O3. The fourth-order valence-corrected chi connectivity index (χ4v) is 4.41. The zero-order chi connectivity index (χ0) is 21.6. The van der Waals surface area contributed by atoms with Crippen molar-refractivity contribution in [2.75, 3.05) is 11.9 Å². The summed E-state index contributed by atoms with van der Waals surface area (Å²) in [5, 5.41) is 8.60. The molecule has 2 aromatic rings.